The summed E-state index contributed by atoms with van der Waals surface area (Å²) in [7, 11) is 0. The zero-order valence-electron chi connectivity index (χ0n) is 9.78. The monoisotopic (exact) mass is 236 g/mol. The number of aldehydes is 1. The van der Waals surface area contributed by atoms with Crippen molar-refractivity contribution in [1.29, 1.82) is 0 Å². The lowest BCUT2D eigenvalue weighted by molar-refractivity contribution is 0.112. The van der Waals surface area contributed by atoms with Crippen LogP contribution in [0.5, 0.6) is 0 Å². The lowest BCUT2D eigenvalue weighted by Gasteiger charge is -2.05. The average molecular weight is 236 g/mol. The first-order chi connectivity index (χ1) is 8.88. The molecule has 0 N–H and O–H groups in total. The maximum absolute atomic E-state index is 11.0. The van der Waals surface area contributed by atoms with Crippen molar-refractivity contribution in [3.05, 3.63) is 66.1 Å². The molecule has 0 bridgehead atoms. The van der Waals surface area contributed by atoms with E-state index in [9.17, 15) is 4.79 Å². The Balaban J connectivity index is 2.06. The summed E-state index contributed by atoms with van der Waals surface area (Å²) in [6.45, 7) is 0.715. The lowest BCUT2D eigenvalue weighted by Crippen LogP contribution is -1.99. The smallest absolute Gasteiger partial charge is 0.150 e. The van der Waals surface area contributed by atoms with Gasteiger partial charge in [0.2, 0.25) is 0 Å². The number of rotatable bonds is 3. The van der Waals surface area contributed by atoms with Crippen molar-refractivity contribution in [3.8, 4) is 0 Å². The molecule has 0 radical (unpaired) electrons. The first-order valence-electron chi connectivity index (χ1n) is 5.81. The molecule has 0 aliphatic heterocycles. The van der Waals surface area contributed by atoms with Gasteiger partial charge in [0.05, 0.1) is 12.2 Å². The molecule has 1 aromatic carbocycles. The van der Waals surface area contributed by atoms with Gasteiger partial charge in [-0.2, -0.15) is 0 Å². The van der Waals surface area contributed by atoms with Crippen molar-refractivity contribution in [2.75, 3.05) is 0 Å². The van der Waals surface area contributed by atoms with Crippen LogP contribution in [0.15, 0.2) is 54.9 Å². The topological polar surface area (TPSA) is 34.9 Å². The third-order valence-corrected chi connectivity index (χ3v) is 3.03. The van der Waals surface area contributed by atoms with Crippen molar-refractivity contribution in [1.82, 2.24) is 9.55 Å². The van der Waals surface area contributed by atoms with Crippen LogP contribution >= 0.6 is 0 Å². The van der Waals surface area contributed by atoms with Gasteiger partial charge < -0.3 is 4.57 Å². The minimum atomic E-state index is 0.715. The quantitative estimate of drug-likeness (QED) is 0.655. The molecule has 2 aromatic heterocycles. The molecule has 0 aliphatic rings. The molecule has 3 rings (SSSR count). The Morgan fingerprint density at radius 3 is 2.83 bits per heavy atom. The molecular weight excluding hydrogens is 224 g/mol. The molecule has 0 atom stereocenters. The van der Waals surface area contributed by atoms with Crippen LogP contribution in [0.3, 0.4) is 0 Å². The highest BCUT2D eigenvalue weighted by Crippen LogP contribution is 2.19. The van der Waals surface area contributed by atoms with Crippen LogP contribution < -0.4 is 0 Å². The molecule has 0 saturated heterocycles. The Kier molecular flexibility index (Phi) is 2.65. The van der Waals surface area contributed by atoms with Crippen molar-refractivity contribution in [3.63, 3.8) is 0 Å². The summed E-state index contributed by atoms with van der Waals surface area (Å²) in [6, 6.07) is 13.6. The summed E-state index contributed by atoms with van der Waals surface area (Å²) in [5.41, 5.74) is 2.80. The molecule has 3 heteroatoms. The van der Waals surface area contributed by atoms with E-state index in [2.05, 4.69) is 9.55 Å². The third kappa shape index (κ3) is 1.80. The Labute approximate surface area is 105 Å². The SMILES string of the molecule is O=Cc1cccc2c1ccn2Cc1ccccn1. The van der Waals surface area contributed by atoms with Crippen LogP contribution in [0.1, 0.15) is 16.1 Å². The Morgan fingerprint density at radius 2 is 2.06 bits per heavy atom. The fourth-order valence-electron chi connectivity index (χ4n) is 2.15. The predicted octanol–water partition coefficient (Wildman–Crippen LogP) is 2.90. The molecule has 0 fully saturated rings. The number of pyridine rings is 1. The number of nitrogens with zero attached hydrogens (tertiary/aromatic N) is 2. The highest BCUT2D eigenvalue weighted by atomic mass is 16.1. The van der Waals surface area contributed by atoms with E-state index in [0.29, 0.717) is 6.54 Å². The van der Waals surface area contributed by atoms with Gasteiger partial charge in [-0.1, -0.05) is 18.2 Å². The van der Waals surface area contributed by atoms with Gasteiger partial charge in [-0.3, -0.25) is 9.78 Å². The summed E-state index contributed by atoms with van der Waals surface area (Å²) in [4.78, 5) is 15.3. The number of fused-ring (bicyclic) bond motifs is 1. The summed E-state index contributed by atoms with van der Waals surface area (Å²) in [5, 5.41) is 0.989. The second-order valence-corrected chi connectivity index (χ2v) is 4.16. The molecule has 0 saturated carbocycles. The van der Waals surface area contributed by atoms with E-state index in [0.717, 1.165) is 28.4 Å². The van der Waals surface area contributed by atoms with Gasteiger partial charge in [0.25, 0.3) is 0 Å². The number of carbonyl (C=O) groups excluding carboxylic acids is 1. The van der Waals surface area contributed by atoms with E-state index in [1.54, 1.807) is 6.20 Å². The third-order valence-electron chi connectivity index (χ3n) is 3.03. The van der Waals surface area contributed by atoms with Gasteiger partial charge in [-0.15, -0.1) is 0 Å². The maximum atomic E-state index is 11.0. The van der Waals surface area contributed by atoms with Crippen molar-refractivity contribution in [2.45, 2.75) is 6.54 Å². The molecule has 0 unspecified atom stereocenters. The minimum absolute atomic E-state index is 0.715. The fourth-order valence-corrected chi connectivity index (χ4v) is 2.15. The zero-order chi connectivity index (χ0) is 12.4. The molecule has 88 valence electrons. The van der Waals surface area contributed by atoms with Gasteiger partial charge in [0.15, 0.2) is 6.29 Å². The second-order valence-electron chi connectivity index (χ2n) is 4.16. The summed E-state index contributed by atoms with van der Waals surface area (Å²) in [5.74, 6) is 0. The van der Waals surface area contributed by atoms with Gasteiger partial charge in [-0.25, -0.2) is 0 Å². The number of carbonyl (C=O) groups is 1. The average Bonchev–Trinajstić information content (AvgIpc) is 2.83. The van der Waals surface area contributed by atoms with Crippen LogP contribution in [0.4, 0.5) is 0 Å². The Morgan fingerprint density at radius 1 is 1.11 bits per heavy atom. The normalized spacial score (nSPS) is 10.7. The number of benzene rings is 1. The number of aromatic nitrogens is 2. The Bertz CT molecular complexity index is 686. The van der Waals surface area contributed by atoms with Crippen LogP contribution in [-0.2, 0) is 6.54 Å². The second kappa shape index (κ2) is 4.45. The first kappa shape index (κ1) is 10.7. The lowest BCUT2D eigenvalue weighted by atomic mass is 10.1. The standard InChI is InChI=1S/C15H12N2O/c18-11-12-4-3-6-15-14(12)7-9-17(15)10-13-5-1-2-8-16-13/h1-9,11H,10H2. The summed E-state index contributed by atoms with van der Waals surface area (Å²) >= 11 is 0. The summed E-state index contributed by atoms with van der Waals surface area (Å²) < 4.78 is 2.10. The highest BCUT2D eigenvalue weighted by molar-refractivity contribution is 5.97. The van der Waals surface area contributed by atoms with Gasteiger partial charge in [-0.05, 0) is 24.3 Å². The maximum Gasteiger partial charge on any atom is 0.150 e. The van der Waals surface area contributed by atoms with Crippen LogP contribution in [-0.4, -0.2) is 15.8 Å². The zero-order valence-corrected chi connectivity index (χ0v) is 9.78. The minimum Gasteiger partial charge on any atom is -0.341 e. The van der Waals surface area contributed by atoms with Crippen molar-refractivity contribution >= 4 is 17.2 Å². The summed E-state index contributed by atoms with van der Waals surface area (Å²) in [6.07, 6.45) is 4.68. The molecular formula is C15H12N2O. The van der Waals surface area contributed by atoms with Crippen molar-refractivity contribution < 1.29 is 4.79 Å². The van der Waals surface area contributed by atoms with E-state index in [1.807, 2.05) is 48.7 Å². The molecule has 2 heterocycles. The largest absolute Gasteiger partial charge is 0.341 e. The Hall–Kier alpha value is -2.42. The van der Waals surface area contributed by atoms with E-state index < -0.39 is 0 Å². The van der Waals surface area contributed by atoms with Gasteiger partial charge >= 0.3 is 0 Å². The number of hydrogen-bond acceptors (Lipinski definition) is 2. The molecule has 0 amide bonds. The van der Waals surface area contributed by atoms with Gasteiger partial charge in [0.1, 0.15) is 0 Å². The van der Waals surface area contributed by atoms with E-state index in [-0.39, 0.29) is 0 Å². The van der Waals surface area contributed by atoms with E-state index in [4.69, 9.17) is 0 Å². The van der Waals surface area contributed by atoms with Crippen LogP contribution in [0.2, 0.25) is 0 Å². The fraction of sp³-hybridized carbons (Fsp3) is 0.0667. The van der Waals surface area contributed by atoms with Crippen LogP contribution in [0.25, 0.3) is 10.9 Å². The molecule has 3 nitrogen and oxygen atoms in total. The first-order valence-corrected chi connectivity index (χ1v) is 5.81. The highest BCUT2D eigenvalue weighted by Gasteiger charge is 2.05. The molecule has 18 heavy (non-hydrogen) atoms. The molecule has 0 aliphatic carbocycles. The van der Waals surface area contributed by atoms with Crippen LogP contribution in [0, 0.1) is 0 Å². The van der Waals surface area contributed by atoms with E-state index >= 15 is 0 Å². The van der Waals surface area contributed by atoms with Crippen molar-refractivity contribution in [2.24, 2.45) is 0 Å². The predicted molar refractivity (Wildman–Crippen MR) is 70.7 cm³/mol. The molecule has 0 spiro atoms. The number of hydrogen-bond donors (Lipinski definition) is 0. The van der Waals surface area contributed by atoms with Gasteiger partial charge in [0, 0.05) is 28.9 Å². The van der Waals surface area contributed by atoms with E-state index in [1.165, 1.54) is 0 Å². The molecule has 3 aromatic rings.